The van der Waals surface area contributed by atoms with Gasteiger partial charge in [0.15, 0.2) is 0 Å². The molecule has 1 aliphatic rings. The molecule has 1 aliphatic heterocycles. The highest BCUT2D eigenvalue weighted by Gasteiger charge is 2.23. The van der Waals surface area contributed by atoms with Gasteiger partial charge in [-0.2, -0.15) is 5.26 Å². The molecule has 0 unspecified atom stereocenters. The third kappa shape index (κ3) is 3.85. The predicted octanol–water partition coefficient (Wildman–Crippen LogP) is 2.07. The van der Waals surface area contributed by atoms with Crippen molar-refractivity contribution in [2.24, 2.45) is 0 Å². The maximum absolute atomic E-state index is 8.99. The van der Waals surface area contributed by atoms with Crippen molar-refractivity contribution in [1.29, 1.82) is 5.26 Å². The van der Waals surface area contributed by atoms with Crippen molar-refractivity contribution < 1.29 is 0 Å². The molecule has 3 rings (SSSR count). The van der Waals surface area contributed by atoms with Crippen molar-refractivity contribution in [1.82, 2.24) is 19.9 Å². The van der Waals surface area contributed by atoms with Crippen LogP contribution < -0.4 is 9.80 Å². The second-order valence-corrected chi connectivity index (χ2v) is 7.24. The summed E-state index contributed by atoms with van der Waals surface area (Å²) < 4.78 is 0. The van der Waals surface area contributed by atoms with Crippen LogP contribution in [0, 0.1) is 18.3 Å². The second kappa shape index (κ2) is 6.63. The molecule has 0 atom stereocenters. The van der Waals surface area contributed by atoms with Gasteiger partial charge in [0.05, 0.1) is 5.69 Å². The first-order chi connectivity index (χ1) is 11.9. The lowest BCUT2D eigenvalue weighted by Crippen LogP contribution is -2.47. The fourth-order valence-electron chi connectivity index (χ4n) is 2.80. The molecule has 0 bridgehead atoms. The van der Waals surface area contributed by atoms with Crippen molar-refractivity contribution in [2.75, 3.05) is 36.0 Å². The molecular formula is C18H23N7. The van der Waals surface area contributed by atoms with E-state index in [4.69, 9.17) is 5.26 Å². The molecule has 0 amide bonds. The van der Waals surface area contributed by atoms with Crippen LogP contribution >= 0.6 is 0 Å². The molecule has 2 aromatic rings. The highest BCUT2D eigenvalue weighted by molar-refractivity contribution is 5.44. The van der Waals surface area contributed by atoms with Gasteiger partial charge in [0.25, 0.3) is 0 Å². The maximum Gasteiger partial charge on any atom is 0.226 e. The predicted molar refractivity (Wildman–Crippen MR) is 96.6 cm³/mol. The van der Waals surface area contributed by atoms with E-state index in [0.29, 0.717) is 11.6 Å². The van der Waals surface area contributed by atoms with Crippen LogP contribution in [0.1, 0.15) is 38.0 Å². The number of aryl methyl sites for hydroxylation is 1. The summed E-state index contributed by atoms with van der Waals surface area (Å²) in [4.78, 5) is 22.2. The van der Waals surface area contributed by atoms with Gasteiger partial charge >= 0.3 is 0 Å². The molecule has 3 heterocycles. The van der Waals surface area contributed by atoms with Gasteiger partial charge in [-0.05, 0) is 13.0 Å². The van der Waals surface area contributed by atoms with Gasteiger partial charge in [-0.25, -0.2) is 19.9 Å². The fourth-order valence-corrected chi connectivity index (χ4v) is 2.80. The molecule has 7 nitrogen and oxygen atoms in total. The van der Waals surface area contributed by atoms with Crippen LogP contribution in [0.5, 0.6) is 0 Å². The third-order valence-electron chi connectivity index (χ3n) is 4.24. The Morgan fingerprint density at radius 1 is 1.04 bits per heavy atom. The van der Waals surface area contributed by atoms with Gasteiger partial charge < -0.3 is 9.80 Å². The summed E-state index contributed by atoms with van der Waals surface area (Å²) in [7, 11) is 0. The largest absolute Gasteiger partial charge is 0.353 e. The Morgan fingerprint density at radius 2 is 1.72 bits per heavy atom. The second-order valence-electron chi connectivity index (χ2n) is 7.24. The highest BCUT2D eigenvalue weighted by atomic mass is 15.3. The summed E-state index contributed by atoms with van der Waals surface area (Å²) in [5.74, 6) is 2.40. The monoisotopic (exact) mass is 337 g/mol. The van der Waals surface area contributed by atoms with Gasteiger partial charge in [0.2, 0.25) is 5.95 Å². The Labute approximate surface area is 148 Å². The van der Waals surface area contributed by atoms with Gasteiger partial charge in [-0.15, -0.1) is 0 Å². The van der Waals surface area contributed by atoms with Gasteiger partial charge in [-0.3, -0.25) is 0 Å². The minimum absolute atomic E-state index is 0.00412. The number of anilines is 2. The van der Waals surface area contributed by atoms with Crippen LogP contribution in [0.3, 0.4) is 0 Å². The Hall–Kier alpha value is -2.75. The molecule has 0 N–H and O–H groups in total. The standard InChI is InChI=1S/C18H23N7/c1-13-21-15(18(2,3)4)11-16(22-13)24-7-9-25(10-8-24)17-20-6-5-14(12-19)23-17/h5-6,11H,7-10H2,1-4H3. The normalized spacial score (nSPS) is 15.2. The minimum Gasteiger partial charge on any atom is -0.353 e. The molecular weight excluding hydrogens is 314 g/mol. The van der Waals surface area contributed by atoms with Crippen molar-refractivity contribution in [2.45, 2.75) is 33.1 Å². The molecule has 7 heteroatoms. The summed E-state index contributed by atoms with van der Waals surface area (Å²) in [6.07, 6.45) is 1.64. The van der Waals surface area contributed by atoms with Crippen LogP contribution in [0.2, 0.25) is 0 Å². The number of hydrogen-bond acceptors (Lipinski definition) is 7. The Morgan fingerprint density at radius 3 is 2.36 bits per heavy atom. The number of rotatable bonds is 2. The average molecular weight is 337 g/mol. The topological polar surface area (TPSA) is 81.8 Å². The van der Waals surface area contributed by atoms with E-state index in [0.717, 1.165) is 43.5 Å². The Bertz CT molecular complexity index is 796. The zero-order valence-corrected chi connectivity index (χ0v) is 15.2. The van der Waals surface area contributed by atoms with E-state index in [2.05, 4.69) is 62.6 Å². The van der Waals surface area contributed by atoms with E-state index >= 15 is 0 Å². The molecule has 0 radical (unpaired) electrons. The maximum atomic E-state index is 8.99. The molecule has 0 spiro atoms. The summed E-state index contributed by atoms with van der Waals surface area (Å²) in [5, 5.41) is 8.99. The smallest absolute Gasteiger partial charge is 0.226 e. The van der Waals surface area contributed by atoms with Gasteiger partial charge in [0.1, 0.15) is 23.4 Å². The molecule has 0 aromatic carbocycles. The lowest BCUT2D eigenvalue weighted by atomic mass is 9.92. The summed E-state index contributed by atoms with van der Waals surface area (Å²) in [6, 6.07) is 5.78. The fraction of sp³-hybridized carbons (Fsp3) is 0.500. The van der Waals surface area contributed by atoms with Crippen LogP contribution in [0.4, 0.5) is 11.8 Å². The average Bonchev–Trinajstić information content (AvgIpc) is 2.60. The lowest BCUT2D eigenvalue weighted by molar-refractivity contribution is 0.561. The van der Waals surface area contributed by atoms with Crippen LogP contribution in [0.25, 0.3) is 0 Å². The number of nitriles is 1. The molecule has 2 aromatic heterocycles. The number of aromatic nitrogens is 4. The molecule has 1 saturated heterocycles. The van der Waals surface area contributed by atoms with Crippen molar-refractivity contribution in [3.63, 3.8) is 0 Å². The summed E-state index contributed by atoms with van der Waals surface area (Å²) >= 11 is 0. The van der Waals surface area contributed by atoms with E-state index in [-0.39, 0.29) is 5.41 Å². The molecule has 1 fully saturated rings. The number of nitrogens with zero attached hydrogens (tertiary/aromatic N) is 7. The van der Waals surface area contributed by atoms with E-state index in [1.165, 1.54) is 0 Å². The first-order valence-electron chi connectivity index (χ1n) is 8.46. The highest BCUT2D eigenvalue weighted by Crippen LogP contribution is 2.24. The SMILES string of the molecule is Cc1nc(N2CCN(c3nccc(C#N)n3)CC2)cc(C(C)(C)C)n1. The lowest BCUT2D eigenvalue weighted by Gasteiger charge is -2.35. The number of piperazine rings is 1. The molecule has 25 heavy (non-hydrogen) atoms. The molecule has 0 aliphatic carbocycles. The zero-order valence-electron chi connectivity index (χ0n) is 15.2. The van der Waals surface area contributed by atoms with Gasteiger partial charge in [0, 0.05) is 43.9 Å². The summed E-state index contributed by atoms with van der Waals surface area (Å²) in [5.41, 5.74) is 1.45. The molecule has 0 saturated carbocycles. The van der Waals surface area contributed by atoms with Crippen LogP contribution in [-0.2, 0) is 5.41 Å². The van der Waals surface area contributed by atoms with Gasteiger partial charge in [-0.1, -0.05) is 20.8 Å². The zero-order chi connectivity index (χ0) is 18.0. The van der Waals surface area contributed by atoms with Crippen LogP contribution in [0.15, 0.2) is 18.3 Å². The Balaban J connectivity index is 1.74. The first-order valence-corrected chi connectivity index (χ1v) is 8.46. The van der Waals surface area contributed by atoms with Crippen molar-refractivity contribution in [3.8, 4) is 6.07 Å². The van der Waals surface area contributed by atoms with E-state index in [1.54, 1.807) is 12.3 Å². The number of hydrogen-bond donors (Lipinski definition) is 0. The first kappa shape index (κ1) is 17.1. The van der Waals surface area contributed by atoms with E-state index < -0.39 is 0 Å². The van der Waals surface area contributed by atoms with Crippen molar-refractivity contribution in [3.05, 3.63) is 35.5 Å². The van der Waals surface area contributed by atoms with E-state index in [1.807, 2.05) is 6.92 Å². The molecule has 130 valence electrons. The van der Waals surface area contributed by atoms with E-state index in [9.17, 15) is 0 Å². The van der Waals surface area contributed by atoms with Crippen molar-refractivity contribution >= 4 is 11.8 Å². The van der Waals surface area contributed by atoms with Crippen LogP contribution in [-0.4, -0.2) is 46.1 Å². The summed E-state index contributed by atoms with van der Waals surface area (Å²) in [6.45, 7) is 11.7. The third-order valence-corrected chi connectivity index (χ3v) is 4.24. The Kier molecular flexibility index (Phi) is 4.53. The minimum atomic E-state index is -0.00412. The quantitative estimate of drug-likeness (QED) is 0.829.